The number of aldehydes is 1. The number of carboxylic acid groups (broad SMARTS) is 1. The number of aromatic carboxylic acids is 1. The van der Waals surface area contributed by atoms with Gasteiger partial charge in [0.2, 0.25) is 0 Å². The summed E-state index contributed by atoms with van der Waals surface area (Å²) in [5.74, 6) is -1.25. The molecule has 20 heavy (non-hydrogen) atoms. The molecule has 0 aliphatic rings. The van der Waals surface area contributed by atoms with Crippen LogP contribution in [0.25, 0.3) is 11.1 Å². The van der Waals surface area contributed by atoms with Gasteiger partial charge in [0.25, 0.3) is 5.69 Å². The zero-order valence-corrected chi connectivity index (χ0v) is 10.1. The normalized spacial score (nSPS) is 10.0. The predicted octanol–water partition coefficient (Wildman–Crippen LogP) is 2.77. The Bertz CT molecular complexity index is 676. The number of rotatable bonds is 4. The molecule has 0 radical (unpaired) electrons. The molecule has 0 unspecified atom stereocenters. The number of nitrogens with zero attached hydrogens (tertiary/aromatic N) is 1. The summed E-state index contributed by atoms with van der Waals surface area (Å²) in [7, 11) is 0. The Balaban J connectivity index is 2.62. The molecule has 0 bridgehead atoms. The van der Waals surface area contributed by atoms with Crippen LogP contribution >= 0.6 is 0 Å². The van der Waals surface area contributed by atoms with E-state index in [-0.39, 0.29) is 11.3 Å². The Kier molecular flexibility index (Phi) is 3.56. The van der Waals surface area contributed by atoms with Gasteiger partial charge in [-0.2, -0.15) is 0 Å². The summed E-state index contributed by atoms with van der Waals surface area (Å²) in [5.41, 5.74) is 0.842. The van der Waals surface area contributed by atoms with Crippen molar-refractivity contribution < 1.29 is 19.6 Å². The van der Waals surface area contributed by atoms with Gasteiger partial charge in [-0.05, 0) is 23.3 Å². The first-order valence-corrected chi connectivity index (χ1v) is 5.59. The van der Waals surface area contributed by atoms with Crippen LogP contribution in [-0.4, -0.2) is 22.3 Å². The molecule has 6 heteroatoms. The van der Waals surface area contributed by atoms with Crippen LogP contribution in [-0.2, 0) is 0 Å². The molecular weight excluding hydrogens is 262 g/mol. The standard InChI is InChI=1S/C14H9NO5/c16-8-9-2-1-3-10(4-9)11-5-12(14(17)18)7-13(6-11)15(19)20/h1-8H,(H,17,18). The Morgan fingerprint density at radius 2 is 1.90 bits per heavy atom. The number of hydrogen-bond donors (Lipinski definition) is 1. The highest BCUT2D eigenvalue weighted by atomic mass is 16.6. The van der Waals surface area contributed by atoms with E-state index < -0.39 is 10.9 Å². The van der Waals surface area contributed by atoms with Gasteiger partial charge in [0.05, 0.1) is 10.5 Å². The van der Waals surface area contributed by atoms with Crippen molar-refractivity contribution in [3.05, 3.63) is 63.7 Å². The highest BCUT2D eigenvalue weighted by Gasteiger charge is 2.14. The molecule has 0 atom stereocenters. The minimum absolute atomic E-state index is 0.175. The lowest BCUT2D eigenvalue weighted by molar-refractivity contribution is -0.384. The molecule has 0 fully saturated rings. The molecule has 0 spiro atoms. The van der Waals surface area contributed by atoms with Gasteiger partial charge >= 0.3 is 5.97 Å². The summed E-state index contributed by atoms with van der Waals surface area (Å²) in [6.07, 6.45) is 0.652. The van der Waals surface area contributed by atoms with Crippen LogP contribution in [0.3, 0.4) is 0 Å². The van der Waals surface area contributed by atoms with Crippen molar-refractivity contribution in [2.75, 3.05) is 0 Å². The number of carbonyl (C=O) groups is 2. The maximum absolute atomic E-state index is 11.0. The highest BCUT2D eigenvalue weighted by Crippen LogP contribution is 2.26. The van der Waals surface area contributed by atoms with Crippen LogP contribution in [0.5, 0.6) is 0 Å². The lowest BCUT2D eigenvalue weighted by Gasteiger charge is -2.04. The Labute approximate surface area is 113 Å². The van der Waals surface area contributed by atoms with E-state index >= 15 is 0 Å². The van der Waals surface area contributed by atoms with Gasteiger partial charge in [-0.3, -0.25) is 14.9 Å². The Morgan fingerprint density at radius 1 is 1.15 bits per heavy atom. The van der Waals surface area contributed by atoms with E-state index in [0.717, 1.165) is 6.07 Å². The highest BCUT2D eigenvalue weighted by molar-refractivity contribution is 5.91. The van der Waals surface area contributed by atoms with Gasteiger partial charge in [-0.25, -0.2) is 4.79 Å². The van der Waals surface area contributed by atoms with Crippen molar-refractivity contribution in [2.24, 2.45) is 0 Å². The SMILES string of the molecule is O=Cc1cccc(-c2cc(C(=O)O)cc([N+](=O)[O-])c2)c1. The van der Waals surface area contributed by atoms with Crippen molar-refractivity contribution in [1.82, 2.24) is 0 Å². The van der Waals surface area contributed by atoms with Crippen molar-refractivity contribution in [3.8, 4) is 11.1 Å². The number of carboxylic acids is 1. The van der Waals surface area contributed by atoms with Crippen LogP contribution in [0.15, 0.2) is 42.5 Å². The number of nitro groups is 1. The Morgan fingerprint density at radius 3 is 2.50 bits per heavy atom. The van der Waals surface area contributed by atoms with Crippen LogP contribution in [0, 0.1) is 10.1 Å². The third kappa shape index (κ3) is 2.69. The van der Waals surface area contributed by atoms with Gasteiger partial charge in [0, 0.05) is 17.7 Å². The third-order valence-electron chi connectivity index (χ3n) is 2.73. The quantitative estimate of drug-likeness (QED) is 0.523. The van der Waals surface area contributed by atoms with Gasteiger partial charge in [-0.15, -0.1) is 0 Å². The molecule has 0 aliphatic heterocycles. The van der Waals surface area contributed by atoms with Gasteiger partial charge in [0.15, 0.2) is 0 Å². The molecule has 2 rings (SSSR count). The minimum Gasteiger partial charge on any atom is -0.478 e. The van der Waals surface area contributed by atoms with Crippen molar-refractivity contribution >= 4 is 17.9 Å². The molecule has 1 N–H and O–H groups in total. The topological polar surface area (TPSA) is 97.5 Å². The molecule has 0 aromatic heterocycles. The zero-order chi connectivity index (χ0) is 14.7. The minimum atomic E-state index is -1.25. The second-order valence-electron chi connectivity index (χ2n) is 4.07. The average Bonchev–Trinajstić information content (AvgIpc) is 2.46. The molecule has 0 saturated carbocycles. The first-order chi connectivity index (χ1) is 9.51. The Hall–Kier alpha value is -3.02. The van der Waals surface area contributed by atoms with Crippen molar-refractivity contribution in [1.29, 1.82) is 0 Å². The lowest BCUT2D eigenvalue weighted by atomic mass is 10.0. The van der Waals surface area contributed by atoms with Crippen LogP contribution in [0.1, 0.15) is 20.7 Å². The lowest BCUT2D eigenvalue weighted by Crippen LogP contribution is -1.99. The molecule has 0 saturated heterocycles. The molecule has 6 nitrogen and oxygen atoms in total. The second-order valence-corrected chi connectivity index (χ2v) is 4.07. The first kappa shape index (κ1) is 13.4. The molecule has 0 amide bonds. The number of non-ortho nitro benzene ring substituents is 1. The summed E-state index contributed by atoms with van der Waals surface area (Å²) in [6, 6.07) is 10.0. The number of carbonyl (C=O) groups excluding carboxylic acids is 1. The average molecular weight is 271 g/mol. The van der Waals surface area contributed by atoms with Crippen LogP contribution < -0.4 is 0 Å². The molecular formula is C14H9NO5. The predicted molar refractivity (Wildman–Crippen MR) is 70.9 cm³/mol. The summed E-state index contributed by atoms with van der Waals surface area (Å²) in [4.78, 5) is 31.9. The maximum atomic E-state index is 11.0. The third-order valence-corrected chi connectivity index (χ3v) is 2.73. The molecule has 0 heterocycles. The summed E-state index contributed by atoms with van der Waals surface area (Å²) < 4.78 is 0. The van der Waals surface area contributed by atoms with Crippen LogP contribution in [0.4, 0.5) is 5.69 Å². The number of benzene rings is 2. The number of hydrogen-bond acceptors (Lipinski definition) is 4. The largest absolute Gasteiger partial charge is 0.478 e. The molecule has 0 aliphatic carbocycles. The smallest absolute Gasteiger partial charge is 0.335 e. The zero-order valence-electron chi connectivity index (χ0n) is 10.1. The van der Waals surface area contributed by atoms with Crippen molar-refractivity contribution in [3.63, 3.8) is 0 Å². The van der Waals surface area contributed by atoms with E-state index in [2.05, 4.69) is 0 Å². The van der Waals surface area contributed by atoms with E-state index in [4.69, 9.17) is 5.11 Å². The summed E-state index contributed by atoms with van der Waals surface area (Å²) >= 11 is 0. The van der Waals surface area contributed by atoms with E-state index in [9.17, 15) is 19.7 Å². The van der Waals surface area contributed by atoms with Gasteiger partial charge in [-0.1, -0.05) is 18.2 Å². The fourth-order valence-corrected chi connectivity index (χ4v) is 1.80. The number of nitro benzene ring substituents is 1. The maximum Gasteiger partial charge on any atom is 0.335 e. The molecule has 2 aromatic carbocycles. The monoisotopic (exact) mass is 271 g/mol. The molecule has 100 valence electrons. The fourth-order valence-electron chi connectivity index (χ4n) is 1.80. The van der Waals surface area contributed by atoms with E-state index in [1.54, 1.807) is 18.2 Å². The van der Waals surface area contributed by atoms with Crippen molar-refractivity contribution in [2.45, 2.75) is 0 Å². The summed E-state index contributed by atoms with van der Waals surface area (Å²) in [5, 5.41) is 19.8. The first-order valence-electron chi connectivity index (χ1n) is 5.59. The van der Waals surface area contributed by atoms with Gasteiger partial charge < -0.3 is 5.11 Å². The van der Waals surface area contributed by atoms with E-state index in [1.165, 1.54) is 18.2 Å². The van der Waals surface area contributed by atoms with Gasteiger partial charge in [0.1, 0.15) is 6.29 Å². The molecule has 2 aromatic rings. The fraction of sp³-hybridized carbons (Fsp3) is 0. The second kappa shape index (κ2) is 5.31. The van der Waals surface area contributed by atoms with E-state index in [0.29, 0.717) is 23.0 Å². The van der Waals surface area contributed by atoms with Crippen LogP contribution in [0.2, 0.25) is 0 Å². The van der Waals surface area contributed by atoms with E-state index in [1.807, 2.05) is 0 Å². The summed E-state index contributed by atoms with van der Waals surface area (Å²) in [6.45, 7) is 0.